The quantitative estimate of drug-likeness (QED) is 0.717. The lowest BCUT2D eigenvalue weighted by molar-refractivity contribution is 0.102. The Morgan fingerprint density at radius 2 is 2.14 bits per heavy atom. The van der Waals surface area contributed by atoms with E-state index in [1.165, 1.54) is 11.8 Å². The molecule has 0 aliphatic heterocycles. The minimum Gasteiger partial charge on any atom is -0.351 e. The molecule has 3 aromatic rings. The number of nitrogens with zero attached hydrogens (tertiary/aromatic N) is 1. The van der Waals surface area contributed by atoms with Crippen molar-refractivity contribution in [1.29, 1.82) is 0 Å². The molecule has 0 spiro atoms. The Labute approximate surface area is 127 Å². The summed E-state index contributed by atoms with van der Waals surface area (Å²) < 4.78 is 0. The first kappa shape index (κ1) is 13.6. The van der Waals surface area contributed by atoms with Crippen LogP contribution in [0.15, 0.2) is 42.6 Å². The van der Waals surface area contributed by atoms with Gasteiger partial charge < -0.3 is 10.3 Å². The maximum Gasteiger partial charge on any atom is 0.272 e. The standard InChI is InChI=1S/C16H14ClN3O/c1-2-10-3-5-13-11(7-10)8-14(20-13)16(21)19-12-4-6-15(17)18-9-12/h3-9,20H,2H2,1H3,(H,19,21). The summed E-state index contributed by atoms with van der Waals surface area (Å²) in [7, 11) is 0. The highest BCUT2D eigenvalue weighted by Gasteiger charge is 2.10. The maximum atomic E-state index is 12.2. The van der Waals surface area contributed by atoms with E-state index in [0.717, 1.165) is 17.3 Å². The molecule has 0 aliphatic rings. The van der Waals surface area contributed by atoms with Gasteiger partial charge in [-0.2, -0.15) is 0 Å². The Morgan fingerprint density at radius 1 is 1.29 bits per heavy atom. The van der Waals surface area contributed by atoms with Crippen molar-refractivity contribution < 1.29 is 4.79 Å². The number of hydrogen-bond acceptors (Lipinski definition) is 2. The van der Waals surface area contributed by atoms with Gasteiger partial charge in [0.2, 0.25) is 0 Å². The SMILES string of the molecule is CCc1ccc2[nH]c(C(=O)Nc3ccc(Cl)nc3)cc2c1. The number of halogens is 1. The summed E-state index contributed by atoms with van der Waals surface area (Å²) in [6, 6.07) is 11.3. The molecule has 0 radical (unpaired) electrons. The third-order valence-electron chi connectivity index (χ3n) is 3.32. The molecule has 1 aromatic carbocycles. The number of carbonyl (C=O) groups is 1. The molecule has 21 heavy (non-hydrogen) atoms. The number of aryl methyl sites for hydroxylation is 1. The number of pyridine rings is 1. The van der Waals surface area contributed by atoms with Gasteiger partial charge in [0.05, 0.1) is 11.9 Å². The van der Waals surface area contributed by atoms with E-state index in [0.29, 0.717) is 16.5 Å². The van der Waals surface area contributed by atoms with E-state index < -0.39 is 0 Å². The third kappa shape index (κ3) is 2.90. The molecule has 0 unspecified atom stereocenters. The van der Waals surface area contributed by atoms with Crippen LogP contribution >= 0.6 is 11.6 Å². The number of anilines is 1. The number of fused-ring (bicyclic) bond motifs is 1. The van der Waals surface area contributed by atoms with Gasteiger partial charge in [-0.3, -0.25) is 4.79 Å². The highest BCUT2D eigenvalue weighted by Crippen LogP contribution is 2.19. The van der Waals surface area contributed by atoms with Crippen molar-refractivity contribution in [3.8, 4) is 0 Å². The molecule has 1 amide bonds. The number of H-pyrrole nitrogens is 1. The second kappa shape index (κ2) is 5.58. The Hall–Kier alpha value is -2.33. The fraction of sp³-hybridized carbons (Fsp3) is 0.125. The van der Waals surface area contributed by atoms with Gasteiger partial charge in [0.1, 0.15) is 10.8 Å². The minimum absolute atomic E-state index is 0.201. The molecule has 0 atom stereocenters. The fourth-order valence-electron chi connectivity index (χ4n) is 2.17. The van der Waals surface area contributed by atoms with E-state index in [4.69, 9.17) is 11.6 Å². The van der Waals surface area contributed by atoms with Gasteiger partial charge in [0.25, 0.3) is 5.91 Å². The molecular weight excluding hydrogens is 286 g/mol. The Balaban J connectivity index is 1.85. The highest BCUT2D eigenvalue weighted by atomic mass is 35.5. The Kier molecular flexibility index (Phi) is 3.62. The zero-order chi connectivity index (χ0) is 14.8. The smallest absolute Gasteiger partial charge is 0.272 e. The second-order valence-electron chi connectivity index (χ2n) is 4.78. The van der Waals surface area contributed by atoms with E-state index in [1.807, 2.05) is 12.1 Å². The maximum absolute atomic E-state index is 12.2. The Bertz CT molecular complexity index is 793. The summed E-state index contributed by atoms with van der Waals surface area (Å²) in [5, 5.41) is 4.21. The summed E-state index contributed by atoms with van der Waals surface area (Å²) in [4.78, 5) is 19.3. The molecule has 0 saturated carbocycles. The van der Waals surface area contributed by atoms with Gasteiger partial charge in [-0.05, 0) is 42.3 Å². The Morgan fingerprint density at radius 3 is 2.86 bits per heavy atom. The molecule has 0 bridgehead atoms. The topological polar surface area (TPSA) is 57.8 Å². The minimum atomic E-state index is -0.201. The molecule has 0 fully saturated rings. The summed E-state index contributed by atoms with van der Waals surface area (Å²) >= 11 is 5.72. The van der Waals surface area contributed by atoms with Crippen LogP contribution in [0.1, 0.15) is 23.0 Å². The summed E-state index contributed by atoms with van der Waals surface area (Å²) in [5.74, 6) is -0.201. The summed E-state index contributed by atoms with van der Waals surface area (Å²) in [5.41, 5.74) is 3.33. The van der Waals surface area contributed by atoms with Gasteiger partial charge >= 0.3 is 0 Å². The fourth-order valence-corrected chi connectivity index (χ4v) is 2.28. The zero-order valence-electron chi connectivity index (χ0n) is 11.5. The van der Waals surface area contributed by atoms with Crippen molar-refractivity contribution >= 4 is 34.1 Å². The van der Waals surface area contributed by atoms with Crippen LogP contribution in [0.3, 0.4) is 0 Å². The van der Waals surface area contributed by atoms with Crippen LogP contribution in [-0.2, 0) is 6.42 Å². The molecule has 2 heterocycles. The van der Waals surface area contributed by atoms with Gasteiger partial charge in [-0.25, -0.2) is 4.98 Å². The van der Waals surface area contributed by atoms with Gasteiger partial charge in [-0.15, -0.1) is 0 Å². The van der Waals surface area contributed by atoms with Gasteiger partial charge in [0.15, 0.2) is 0 Å². The van der Waals surface area contributed by atoms with Crippen LogP contribution in [0.2, 0.25) is 5.15 Å². The van der Waals surface area contributed by atoms with Crippen molar-refractivity contribution in [2.45, 2.75) is 13.3 Å². The molecule has 3 rings (SSSR count). The third-order valence-corrected chi connectivity index (χ3v) is 3.55. The normalized spacial score (nSPS) is 10.8. The number of aromatic amines is 1. The lowest BCUT2D eigenvalue weighted by Gasteiger charge is -2.02. The van der Waals surface area contributed by atoms with Crippen molar-refractivity contribution in [1.82, 2.24) is 9.97 Å². The van der Waals surface area contributed by atoms with Crippen LogP contribution in [0.25, 0.3) is 10.9 Å². The second-order valence-corrected chi connectivity index (χ2v) is 5.17. The van der Waals surface area contributed by atoms with Crippen molar-refractivity contribution in [3.63, 3.8) is 0 Å². The van der Waals surface area contributed by atoms with Crippen molar-refractivity contribution in [3.05, 3.63) is 59.0 Å². The molecule has 5 heteroatoms. The van der Waals surface area contributed by atoms with Crippen LogP contribution in [0.5, 0.6) is 0 Å². The summed E-state index contributed by atoms with van der Waals surface area (Å²) in [6.07, 6.45) is 2.50. The molecular formula is C16H14ClN3O. The average Bonchev–Trinajstić information content (AvgIpc) is 2.92. The van der Waals surface area contributed by atoms with Crippen molar-refractivity contribution in [2.24, 2.45) is 0 Å². The highest BCUT2D eigenvalue weighted by molar-refractivity contribution is 6.29. The van der Waals surface area contributed by atoms with Crippen LogP contribution in [0.4, 0.5) is 5.69 Å². The zero-order valence-corrected chi connectivity index (χ0v) is 12.2. The van der Waals surface area contributed by atoms with Gasteiger partial charge in [0, 0.05) is 10.9 Å². The predicted octanol–water partition coefficient (Wildman–Crippen LogP) is 4.03. The largest absolute Gasteiger partial charge is 0.351 e. The van der Waals surface area contributed by atoms with E-state index in [-0.39, 0.29) is 5.91 Å². The average molecular weight is 300 g/mol. The van der Waals surface area contributed by atoms with E-state index in [1.54, 1.807) is 12.1 Å². The predicted molar refractivity (Wildman–Crippen MR) is 84.9 cm³/mol. The first-order chi connectivity index (χ1) is 10.2. The van der Waals surface area contributed by atoms with Crippen molar-refractivity contribution in [2.75, 3.05) is 5.32 Å². The number of hydrogen-bond donors (Lipinski definition) is 2. The van der Waals surface area contributed by atoms with E-state index in [9.17, 15) is 4.79 Å². The lowest BCUT2D eigenvalue weighted by Crippen LogP contribution is -2.12. The number of amides is 1. The molecule has 2 N–H and O–H groups in total. The van der Waals surface area contributed by atoms with E-state index in [2.05, 4.69) is 34.3 Å². The first-order valence-electron chi connectivity index (χ1n) is 6.70. The molecule has 2 aromatic heterocycles. The van der Waals surface area contributed by atoms with Crippen LogP contribution < -0.4 is 5.32 Å². The monoisotopic (exact) mass is 299 g/mol. The molecule has 106 valence electrons. The van der Waals surface area contributed by atoms with Crippen LogP contribution in [0, 0.1) is 0 Å². The molecule has 4 nitrogen and oxygen atoms in total. The molecule has 0 aliphatic carbocycles. The number of nitrogens with one attached hydrogen (secondary N) is 2. The lowest BCUT2D eigenvalue weighted by atomic mass is 10.1. The number of carbonyl (C=O) groups excluding carboxylic acids is 1. The number of aromatic nitrogens is 2. The van der Waals surface area contributed by atoms with E-state index >= 15 is 0 Å². The van der Waals surface area contributed by atoms with Crippen LogP contribution in [-0.4, -0.2) is 15.9 Å². The molecule has 0 saturated heterocycles. The van der Waals surface area contributed by atoms with Gasteiger partial charge in [-0.1, -0.05) is 24.6 Å². The number of rotatable bonds is 3. The summed E-state index contributed by atoms with van der Waals surface area (Å²) in [6.45, 7) is 2.11. The first-order valence-corrected chi connectivity index (χ1v) is 7.08. The number of benzene rings is 1.